The van der Waals surface area contributed by atoms with Gasteiger partial charge in [0.05, 0.1) is 43.2 Å². The second kappa shape index (κ2) is 19.6. The van der Waals surface area contributed by atoms with Crippen LogP contribution in [0.2, 0.25) is 0 Å². The van der Waals surface area contributed by atoms with Gasteiger partial charge in [-0.2, -0.15) is 0 Å². The van der Waals surface area contributed by atoms with E-state index in [9.17, 15) is 14.7 Å². The van der Waals surface area contributed by atoms with Gasteiger partial charge in [0.2, 0.25) is 11.8 Å². The fraction of sp³-hybridized carbons (Fsp3) is 0.447. The molecule has 314 valence electrons. The zero-order valence-corrected chi connectivity index (χ0v) is 34.4. The van der Waals surface area contributed by atoms with Crippen molar-refractivity contribution in [3.63, 3.8) is 0 Å². The van der Waals surface area contributed by atoms with E-state index in [-0.39, 0.29) is 37.8 Å². The fourth-order valence-corrected chi connectivity index (χ4v) is 9.33. The molecule has 3 aliphatic rings. The molecule has 0 radical (unpaired) electrons. The van der Waals surface area contributed by atoms with E-state index in [2.05, 4.69) is 37.2 Å². The Kier molecular flexibility index (Phi) is 14.4. The number of benzene rings is 3. The maximum Gasteiger partial charge on any atom is 0.313 e. The highest BCUT2D eigenvalue weighted by Crippen LogP contribution is 2.59. The first-order valence-corrected chi connectivity index (χ1v) is 20.7. The van der Waals surface area contributed by atoms with E-state index < -0.39 is 66.3 Å². The smallest absolute Gasteiger partial charge is 0.313 e. The van der Waals surface area contributed by atoms with Crippen molar-refractivity contribution in [2.24, 2.45) is 11.8 Å². The van der Waals surface area contributed by atoms with Crippen molar-refractivity contribution in [2.45, 2.75) is 81.9 Å². The number of hydrogen-bond donors (Lipinski definition) is 2. The first-order chi connectivity index (χ1) is 28.7. The molecule has 0 aliphatic carbocycles. The Bertz CT molecular complexity index is 1920. The van der Waals surface area contributed by atoms with Gasteiger partial charge in [0.25, 0.3) is 5.91 Å². The Morgan fingerprint density at radius 1 is 0.983 bits per heavy atom. The molecule has 1 spiro atoms. The van der Waals surface area contributed by atoms with E-state index in [1.807, 2.05) is 84.9 Å². The van der Waals surface area contributed by atoms with Gasteiger partial charge >= 0.3 is 5.97 Å². The molecule has 0 saturated carbocycles. The molecule has 3 heterocycles. The summed E-state index contributed by atoms with van der Waals surface area (Å²) in [7, 11) is 1.51. The van der Waals surface area contributed by atoms with Crippen molar-refractivity contribution in [3.8, 4) is 0 Å². The summed E-state index contributed by atoms with van der Waals surface area (Å²) in [6, 6.07) is 23.6. The Labute approximate surface area is 347 Å². The van der Waals surface area contributed by atoms with Crippen molar-refractivity contribution < 1.29 is 38.5 Å². The van der Waals surface area contributed by atoms with Gasteiger partial charge in [-0.25, -0.2) is 0 Å². The second-order valence-electron chi connectivity index (χ2n) is 15.5. The van der Waals surface area contributed by atoms with Crippen LogP contribution in [-0.4, -0.2) is 103 Å². The van der Waals surface area contributed by atoms with Crippen LogP contribution < -0.4 is 15.1 Å². The molecule has 3 aromatic carbocycles. The number of amides is 3. The van der Waals surface area contributed by atoms with Crippen molar-refractivity contribution in [3.05, 3.63) is 121 Å². The van der Waals surface area contributed by atoms with Gasteiger partial charge in [0.15, 0.2) is 0 Å². The third-order valence-corrected chi connectivity index (χ3v) is 12.0. The molecular weight excluding hydrogens is 749 g/mol. The number of esters is 1. The summed E-state index contributed by atoms with van der Waals surface area (Å²) in [5.74, 6) is -3.88. The van der Waals surface area contributed by atoms with Crippen LogP contribution in [0.5, 0.6) is 0 Å². The normalized spacial score (nSPS) is 23.2. The van der Waals surface area contributed by atoms with Gasteiger partial charge in [0, 0.05) is 44.5 Å². The van der Waals surface area contributed by atoms with Crippen LogP contribution >= 0.6 is 0 Å². The van der Waals surface area contributed by atoms with E-state index in [1.54, 1.807) is 17.1 Å². The zero-order valence-electron chi connectivity index (χ0n) is 34.4. The van der Waals surface area contributed by atoms with E-state index in [4.69, 9.17) is 14.2 Å². The summed E-state index contributed by atoms with van der Waals surface area (Å²) in [6.07, 6.45) is 3.34. The summed E-state index contributed by atoms with van der Waals surface area (Å²) in [5.41, 5.74) is 1.77. The minimum Gasteiger partial charge on any atom is -0.455 e. The standard InChI is InChI=1S/C47H58N4O8/c1-6-10-21-39(53)48-37(31-57-5)42(33-19-15-12-16-20-33)58-46(56)40-38-26-27-47(59-38)41(40)44(54)51(36(30-52)29-32-17-13-11-14-18-32)43(47)45(55)50(28-7-2)35-24-22-34(23-25-35)49(8-3)9-4/h6-7,11-20,22-25,36-38,40-43,52H,1-2,8-10,21,26-31H2,3-5H3,(H,48,53)/t36-,37-,38-,40+,41+,42-,43-,47+/m1/s1. The molecule has 0 aromatic heterocycles. The fourth-order valence-electron chi connectivity index (χ4n) is 9.33. The largest absolute Gasteiger partial charge is 0.455 e. The van der Waals surface area contributed by atoms with Crippen molar-refractivity contribution >= 4 is 35.1 Å². The van der Waals surface area contributed by atoms with Gasteiger partial charge in [-0.3, -0.25) is 19.2 Å². The minimum atomic E-state index is -1.37. The second-order valence-corrected chi connectivity index (χ2v) is 15.5. The number of hydrogen-bond acceptors (Lipinski definition) is 9. The van der Waals surface area contributed by atoms with Crippen LogP contribution in [0.1, 0.15) is 56.8 Å². The monoisotopic (exact) mass is 806 g/mol. The lowest BCUT2D eigenvalue weighted by atomic mass is 9.70. The number of nitrogens with one attached hydrogen (secondary N) is 1. The quantitative estimate of drug-likeness (QED) is 0.107. The molecule has 12 nitrogen and oxygen atoms in total. The van der Waals surface area contributed by atoms with Gasteiger partial charge < -0.3 is 39.3 Å². The number of ether oxygens (including phenoxy) is 3. The molecule has 3 saturated heterocycles. The summed E-state index contributed by atoms with van der Waals surface area (Å²) in [5, 5.41) is 14.0. The van der Waals surface area contributed by atoms with Crippen molar-refractivity contribution in [2.75, 3.05) is 49.8 Å². The molecule has 0 unspecified atom stereocenters. The Morgan fingerprint density at radius 3 is 2.25 bits per heavy atom. The van der Waals surface area contributed by atoms with Gasteiger partial charge in [0.1, 0.15) is 17.7 Å². The van der Waals surface area contributed by atoms with Gasteiger partial charge in [-0.05, 0) is 74.9 Å². The number of carbonyl (C=O) groups is 4. The number of anilines is 2. The lowest BCUT2D eigenvalue weighted by Gasteiger charge is -2.39. The van der Waals surface area contributed by atoms with E-state index in [0.717, 1.165) is 24.3 Å². The Balaban J connectivity index is 1.39. The maximum atomic E-state index is 15.3. The average Bonchev–Trinajstić information content (AvgIpc) is 3.91. The number of aliphatic hydroxyl groups excluding tert-OH is 1. The molecule has 3 fully saturated rings. The minimum absolute atomic E-state index is 0.0423. The number of methoxy groups -OCH3 is 1. The number of likely N-dealkylation sites (tertiary alicyclic amines) is 1. The lowest BCUT2D eigenvalue weighted by molar-refractivity contribution is -0.163. The molecule has 6 rings (SSSR count). The number of fused-ring (bicyclic) bond motifs is 1. The van der Waals surface area contributed by atoms with Gasteiger partial charge in [-0.1, -0.05) is 72.8 Å². The number of carbonyl (C=O) groups excluding carboxylic acids is 4. The van der Waals surface area contributed by atoms with Crippen LogP contribution in [0.15, 0.2) is 110 Å². The summed E-state index contributed by atoms with van der Waals surface area (Å²) >= 11 is 0. The molecule has 2 N–H and O–H groups in total. The van der Waals surface area contributed by atoms with Crippen LogP contribution in [0.3, 0.4) is 0 Å². The van der Waals surface area contributed by atoms with Crippen LogP contribution in [0.25, 0.3) is 0 Å². The SMILES string of the molecule is C=CCCC(=O)N[C@H](COC)[C@H](OC(=O)[C@@H]1[C@H]2C(=O)N([C@@H](CO)Cc3ccccc3)[C@H](C(=O)N(CC=C)c3ccc(N(CC)CC)cc3)[C@]23CC[C@H]1O3)c1ccccc1. The number of nitrogens with zero attached hydrogens (tertiary/aromatic N) is 3. The first kappa shape index (κ1) is 43.3. The highest BCUT2D eigenvalue weighted by Gasteiger charge is 2.76. The summed E-state index contributed by atoms with van der Waals surface area (Å²) < 4.78 is 18.7. The van der Waals surface area contributed by atoms with Crippen molar-refractivity contribution in [1.29, 1.82) is 0 Å². The highest BCUT2D eigenvalue weighted by molar-refractivity contribution is 6.05. The number of aliphatic hydroxyl groups is 1. The molecule has 3 aromatic rings. The van der Waals surface area contributed by atoms with Crippen LogP contribution in [-0.2, 0) is 39.8 Å². The van der Waals surface area contributed by atoms with Crippen LogP contribution in [0.4, 0.5) is 11.4 Å². The summed E-state index contributed by atoms with van der Waals surface area (Å²) in [4.78, 5) is 63.6. The molecule has 2 bridgehead atoms. The maximum absolute atomic E-state index is 15.3. The lowest BCUT2D eigenvalue weighted by Crippen LogP contribution is -2.59. The molecule has 8 atom stereocenters. The number of allylic oxidation sites excluding steroid dienone is 1. The Morgan fingerprint density at radius 2 is 1.64 bits per heavy atom. The third kappa shape index (κ3) is 8.85. The highest BCUT2D eigenvalue weighted by atomic mass is 16.6. The predicted molar refractivity (Wildman–Crippen MR) is 227 cm³/mol. The van der Waals surface area contributed by atoms with Crippen LogP contribution in [0, 0.1) is 11.8 Å². The Hall–Kier alpha value is -5.30. The summed E-state index contributed by atoms with van der Waals surface area (Å²) in [6.45, 7) is 13.3. The van der Waals surface area contributed by atoms with E-state index in [0.29, 0.717) is 30.5 Å². The zero-order chi connectivity index (χ0) is 42.1. The van der Waals surface area contributed by atoms with E-state index in [1.165, 1.54) is 12.0 Å². The average molecular weight is 807 g/mol. The predicted octanol–water partition coefficient (Wildman–Crippen LogP) is 5.41. The molecule has 3 aliphatic heterocycles. The van der Waals surface area contributed by atoms with Gasteiger partial charge in [-0.15, -0.1) is 13.2 Å². The molecular formula is C47H58N4O8. The topological polar surface area (TPSA) is 138 Å². The third-order valence-electron chi connectivity index (χ3n) is 12.0. The molecule has 59 heavy (non-hydrogen) atoms. The van der Waals surface area contributed by atoms with E-state index >= 15 is 9.59 Å². The number of rotatable bonds is 21. The molecule has 3 amide bonds. The van der Waals surface area contributed by atoms with Crippen molar-refractivity contribution in [1.82, 2.24) is 10.2 Å². The first-order valence-electron chi connectivity index (χ1n) is 20.7. The molecule has 12 heteroatoms.